The predicted molar refractivity (Wildman–Crippen MR) is 115 cm³/mol. The standard InChI is InChI=1S/C17H15IN4O3S2/c1-27(24,25)22(14-9-7-13(18)8-10-14)11-15(23)19-17-21-20-16(26-17)12-5-3-2-4-6-12/h2-10H,11H2,1H3,(H,19,21,23). The molecule has 2 aromatic carbocycles. The molecule has 140 valence electrons. The number of amides is 1. The third-order valence-electron chi connectivity index (χ3n) is 3.49. The van der Waals surface area contributed by atoms with Crippen LogP contribution in [0.25, 0.3) is 10.6 Å². The van der Waals surface area contributed by atoms with Gasteiger partial charge in [0.2, 0.25) is 21.1 Å². The van der Waals surface area contributed by atoms with Crippen molar-refractivity contribution in [3.05, 3.63) is 58.2 Å². The maximum absolute atomic E-state index is 12.4. The molecule has 0 saturated carbocycles. The lowest BCUT2D eigenvalue weighted by molar-refractivity contribution is -0.114. The van der Waals surface area contributed by atoms with E-state index in [2.05, 4.69) is 38.1 Å². The molecule has 1 heterocycles. The molecular weight excluding hydrogens is 499 g/mol. The van der Waals surface area contributed by atoms with E-state index in [0.717, 1.165) is 19.7 Å². The summed E-state index contributed by atoms with van der Waals surface area (Å²) in [6.07, 6.45) is 1.07. The van der Waals surface area contributed by atoms with Gasteiger partial charge in [0.05, 0.1) is 11.9 Å². The van der Waals surface area contributed by atoms with Crippen LogP contribution >= 0.6 is 33.9 Å². The summed E-state index contributed by atoms with van der Waals surface area (Å²) in [6, 6.07) is 16.4. The number of rotatable bonds is 6. The summed E-state index contributed by atoms with van der Waals surface area (Å²) in [6.45, 7) is -0.348. The first-order valence-corrected chi connectivity index (χ1v) is 11.5. The number of nitrogens with zero attached hydrogens (tertiary/aromatic N) is 3. The van der Waals surface area contributed by atoms with Crippen LogP contribution in [0, 0.1) is 3.57 Å². The van der Waals surface area contributed by atoms with E-state index in [9.17, 15) is 13.2 Å². The van der Waals surface area contributed by atoms with E-state index in [4.69, 9.17) is 0 Å². The Labute approximate surface area is 174 Å². The number of sulfonamides is 1. The van der Waals surface area contributed by atoms with Gasteiger partial charge in [-0.2, -0.15) is 0 Å². The van der Waals surface area contributed by atoms with Crippen LogP contribution in [0.4, 0.5) is 10.8 Å². The number of carbonyl (C=O) groups excluding carboxylic acids is 1. The minimum absolute atomic E-state index is 0.315. The molecule has 0 unspecified atom stereocenters. The van der Waals surface area contributed by atoms with Crippen LogP contribution in [0.2, 0.25) is 0 Å². The van der Waals surface area contributed by atoms with Crippen LogP contribution in [0.1, 0.15) is 0 Å². The molecule has 0 radical (unpaired) electrons. The van der Waals surface area contributed by atoms with Crippen molar-refractivity contribution in [2.24, 2.45) is 0 Å². The minimum Gasteiger partial charge on any atom is -0.299 e. The molecule has 0 atom stereocenters. The first-order valence-electron chi connectivity index (χ1n) is 7.75. The molecule has 0 aliphatic heterocycles. The SMILES string of the molecule is CS(=O)(=O)N(CC(=O)Nc1nnc(-c2ccccc2)s1)c1ccc(I)cc1. The zero-order valence-electron chi connectivity index (χ0n) is 14.2. The van der Waals surface area contributed by atoms with Crippen LogP contribution < -0.4 is 9.62 Å². The van der Waals surface area contributed by atoms with Crippen molar-refractivity contribution < 1.29 is 13.2 Å². The van der Waals surface area contributed by atoms with E-state index in [0.29, 0.717) is 15.8 Å². The summed E-state index contributed by atoms with van der Waals surface area (Å²) in [5.41, 5.74) is 1.32. The fraction of sp³-hybridized carbons (Fsp3) is 0.118. The van der Waals surface area contributed by atoms with Crippen molar-refractivity contribution in [3.8, 4) is 10.6 Å². The van der Waals surface area contributed by atoms with Gasteiger partial charge in [0, 0.05) is 9.13 Å². The monoisotopic (exact) mass is 514 g/mol. The Morgan fingerprint density at radius 1 is 1.11 bits per heavy atom. The summed E-state index contributed by atoms with van der Waals surface area (Å²) < 4.78 is 26.2. The Hall–Kier alpha value is -2.05. The molecule has 3 aromatic rings. The largest absolute Gasteiger partial charge is 0.299 e. The predicted octanol–water partition coefficient (Wildman–Crippen LogP) is 3.21. The van der Waals surface area contributed by atoms with Crippen LogP contribution in [0.15, 0.2) is 54.6 Å². The first kappa shape index (κ1) is 19.7. The van der Waals surface area contributed by atoms with Gasteiger partial charge >= 0.3 is 0 Å². The van der Waals surface area contributed by atoms with Gasteiger partial charge < -0.3 is 0 Å². The van der Waals surface area contributed by atoms with Crippen LogP contribution in [0.5, 0.6) is 0 Å². The van der Waals surface area contributed by atoms with Crippen LogP contribution in [-0.4, -0.2) is 37.3 Å². The highest BCUT2D eigenvalue weighted by Crippen LogP contribution is 2.26. The number of carbonyl (C=O) groups is 1. The summed E-state index contributed by atoms with van der Waals surface area (Å²) in [7, 11) is -3.62. The molecule has 0 spiro atoms. The zero-order valence-corrected chi connectivity index (χ0v) is 18.0. The molecule has 0 saturated heterocycles. The molecule has 10 heteroatoms. The molecule has 27 heavy (non-hydrogen) atoms. The molecule has 3 rings (SSSR count). The van der Waals surface area contributed by atoms with E-state index < -0.39 is 15.9 Å². The molecule has 1 N–H and O–H groups in total. The lowest BCUT2D eigenvalue weighted by Crippen LogP contribution is -2.37. The maximum Gasteiger partial charge on any atom is 0.246 e. The van der Waals surface area contributed by atoms with Crippen LogP contribution in [-0.2, 0) is 14.8 Å². The van der Waals surface area contributed by atoms with Gasteiger partial charge in [-0.05, 0) is 46.9 Å². The van der Waals surface area contributed by atoms with Crippen molar-refractivity contribution in [2.75, 3.05) is 22.4 Å². The third-order valence-corrected chi connectivity index (χ3v) is 6.24. The van der Waals surface area contributed by atoms with Gasteiger partial charge in [-0.25, -0.2) is 8.42 Å². The molecule has 0 bridgehead atoms. The number of halogens is 1. The van der Waals surface area contributed by atoms with Gasteiger partial charge in [0.25, 0.3) is 0 Å². The van der Waals surface area contributed by atoms with Crippen molar-refractivity contribution in [1.82, 2.24) is 10.2 Å². The zero-order chi connectivity index (χ0) is 19.4. The molecule has 0 aliphatic rings. The molecule has 7 nitrogen and oxygen atoms in total. The average molecular weight is 514 g/mol. The Kier molecular flexibility index (Phi) is 6.07. The quantitative estimate of drug-likeness (QED) is 0.511. The van der Waals surface area contributed by atoms with Crippen LogP contribution in [0.3, 0.4) is 0 Å². The Morgan fingerprint density at radius 3 is 2.41 bits per heavy atom. The maximum atomic E-state index is 12.4. The number of hydrogen-bond donors (Lipinski definition) is 1. The van der Waals surface area contributed by atoms with Crippen molar-refractivity contribution in [2.45, 2.75) is 0 Å². The third kappa shape index (κ3) is 5.23. The lowest BCUT2D eigenvalue weighted by Gasteiger charge is -2.21. The second-order valence-electron chi connectivity index (χ2n) is 5.57. The number of aromatic nitrogens is 2. The van der Waals surface area contributed by atoms with E-state index >= 15 is 0 Å². The van der Waals surface area contributed by atoms with E-state index in [-0.39, 0.29) is 6.54 Å². The van der Waals surface area contributed by atoms with Gasteiger partial charge in [0.15, 0.2) is 0 Å². The highest BCUT2D eigenvalue weighted by atomic mass is 127. The van der Waals surface area contributed by atoms with Gasteiger partial charge in [0.1, 0.15) is 11.6 Å². The minimum atomic E-state index is -3.62. The van der Waals surface area contributed by atoms with E-state index in [1.54, 1.807) is 24.3 Å². The molecule has 0 fully saturated rings. The Bertz CT molecular complexity index is 1040. The van der Waals surface area contributed by atoms with Gasteiger partial charge in [-0.1, -0.05) is 41.7 Å². The van der Waals surface area contributed by atoms with Gasteiger partial charge in [-0.15, -0.1) is 10.2 Å². The number of anilines is 2. The second-order valence-corrected chi connectivity index (χ2v) is 9.70. The van der Waals surface area contributed by atoms with Crippen molar-refractivity contribution >= 4 is 60.7 Å². The Morgan fingerprint density at radius 2 is 1.78 bits per heavy atom. The molecule has 0 aliphatic carbocycles. The normalized spacial score (nSPS) is 11.2. The molecule has 1 amide bonds. The fourth-order valence-corrected chi connectivity index (χ4v) is 4.25. The summed E-state index contributed by atoms with van der Waals surface area (Å²) >= 11 is 3.35. The highest BCUT2D eigenvalue weighted by molar-refractivity contribution is 14.1. The van der Waals surface area contributed by atoms with Crippen molar-refractivity contribution in [1.29, 1.82) is 0 Å². The average Bonchev–Trinajstić information content (AvgIpc) is 3.09. The van der Waals surface area contributed by atoms with Crippen molar-refractivity contribution in [3.63, 3.8) is 0 Å². The highest BCUT2D eigenvalue weighted by Gasteiger charge is 2.21. The smallest absolute Gasteiger partial charge is 0.246 e. The van der Waals surface area contributed by atoms with E-state index in [1.165, 1.54) is 11.3 Å². The number of benzene rings is 2. The van der Waals surface area contributed by atoms with E-state index in [1.807, 2.05) is 30.3 Å². The Balaban J connectivity index is 1.73. The molecule has 1 aromatic heterocycles. The van der Waals surface area contributed by atoms with Gasteiger partial charge in [-0.3, -0.25) is 14.4 Å². The number of nitrogens with one attached hydrogen (secondary N) is 1. The summed E-state index contributed by atoms with van der Waals surface area (Å²) in [5.74, 6) is -0.491. The summed E-state index contributed by atoms with van der Waals surface area (Å²) in [4.78, 5) is 12.4. The second kappa shape index (κ2) is 8.31. The lowest BCUT2D eigenvalue weighted by atomic mass is 10.2. The first-order chi connectivity index (χ1) is 12.8. The molecular formula is C17H15IN4O3S2. The topological polar surface area (TPSA) is 92.3 Å². The summed E-state index contributed by atoms with van der Waals surface area (Å²) in [5, 5.41) is 11.6. The fourth-order valence-electron chi connectivity index (χ4n) is 2.27. The number of hydrogen-bond acceptors (Lipinski definition) is 6.